The monoisotopic (exact) mass is 158 g/mol. The van der Waals surface area contributed by atoms with Gasteiger partial charge >= 0.3 is 0 Å². The van der Waals surface area contributed by atoms with E-state index < -0.39 is 0 Å². The van der Waals surface area contributed by atoms with Gasteiger partial charge in [-0.2, -0.15) is 0 Å². The van der Waals surface area contributed by atoms with Gasteiger partial charge in [0.05, 0.1) is 12.2 Å². The minimum atomic E-state index is 0.797. The van der Waals surface area contributed by atoms with Gasteiger partial charge in [0, 0.05) is 0 Å². The number of rotatable bonds is 0. The van der Waals surface area contributed by atoms with E-state index in [2.05, 4.69) is 12.0 Å². The second-order valence-electron chi connectivity index (χ2n) is 2.89. The Bertz CT molecular complexity index is 333. The molecule has 0 radical (unpaired) electrons. The van der Waals surface area contributed by atoms with Gasteiger partial charge in [0.1, 0.15) is 5.75 Å². The predicted molar refractivity (Wildman–Crippen MR) is 48.2 cm³/mol. The van der Waals surface area contributed by atoms with Crippen LogP contribution in [-0.4, -0.2) is 6.61 Å². The van der Waals surface area contributed by atoms with Crippen molar-refractivity contribution in [1.29, 1.82) is 0 Å². The van der Waals surface area contributed by atoms with Gasteiger partial charge in [-0.15, -0.1) is 6.42 Å². The molecule has 1 aliphatic heterocycles. The van der Waals surface area contributed by atoms with Crippen LogP contribution in [0.15, 0.2) is 18.2 Å². The van der Waals surface area contributed by atoms with E-state index in [4.69, 9.17) is 11.2 Å². The van der Waals surface area contributed by atoms with Crippen LogP contribution in [0.25, 0.3) is 0 Å². The minimum absolute atomic E-state index is 0.797. The van der Waals surface area contributed by atoms with Crippen LogP contribution in [0, 0.1) is 12.3 Å². The van der Waals surface area contributed by atoms with Gasteiger partial charge in [0.15, 0.2) is 0 Å². The van der Waals surface area contributed by atoms with E-state index in [0.29, 0.717) is 0 Å². The highest BCUT2D eigenvalue weighted by atomic mass is 16.5. The Morgan fingerprint density at radius 1 is 1.42 bits per heavy atom. The highest BCUT2D eigenvalue weighted by Gasteiger charge is 2.12. The standard InChI is InChI=1S/C11H10O/c1-2-9-5-3-6-10-7-4-8-12-11(9)10/h1,3,5-6H,4,7-8H2. The minimum Gasteiger partial charge on any atom is -0.492 e. The lowest BCUT2D eigenvalue weighted by molar-refractivity contribution is 0.287. The first-order valence-corrected chi connectivity index (χ1v) is 4.13. The van der Waals surface area contributed by atoms with E-state index in [0.717, 1.165) is 30.8 Å². The maximum absolute atomic E-state index is 5.50. The average molecular weight is 158 g/mol. The van der Waals surface area contributed by atoms with Crippen LogP contribution in [0.4, 0.5) is 0 Å². The zero-order chi connectivity index (χ0) is 8.39. The lowest BCUT2D eigenvalue weighted by Crippen LogP contribution is -2.09. The van der Waals surface area contributed by atoms with Gasteiger partial charge < -0.3 is 4.74 Å². The second-order valence-corrected chi connectivity index (χ2v) is 2.89. The zero-order valence-corrected chi connectivity index (χ0v) is 6.84. The number of fused-ring (bicyclic) bond motifs is 1. The molecule has 0 atom stereocenters. The van der Waals surface area contributed by atoms with Crippen molar-refractivity contribution in [3.05, 3.63) is 29.3 Å². The molecule has 0 aromatic heterocycles. The molecule has 0 N–H and O–H groups in total. The maximum Gasteiger partial charge on any atom is 0.138 e. The van der Waals surface area contributed by atoms with Gasteiger partial charge in [-0.25, -0.2) is 0 Å². The third-order valence-corrected chi connectivity index (χ3v) is 2.09. The number of para-hydroxylation sites is 1. The average Bonchev–Trinajstić information content (AvgIpc) is 2.17. The molecule has 0 saturated heterocycles. The summed E-state index contributed by atoms with van der Waals surface area (Å²) in [6.07, 6.45) is 7.53. The number of aryl methyl sites for hydroxylation is 1. The molecular weight excluding hydrogens is 148 g/mol. The first-order valence-electron chi connectivity index (χ1n) is 4.13. The van der Waals surface area contributed by atoms with Crippen LogP contribution in [0.1, 0.15) is 17.5 Å². The summed E-state index contributed by atoms with van der Waals surface area (Å²) < 4.78 is 5.50. The van der Waals surface area contributed by atoms with E-state index in [1.165, 1.54) is 5.56 Å². The van der Waals surface area contributed by atoms with E-state index in [-0.39, 0.29) is 0 Å². The molecule has 0 spiro atoms. The first kappa shape index (κ1) is 7.24. The van der Waals surface area contributed by atoms with E-state index in [1.54, 1.807) is 0 Å². The fourth-order valence-corrected chi connectivity index (χ4v) is 1.50. The highest BCUT2D eigenvalue weighted by molar-refractivity contribution is 5.50. The van der Waals surface area contributed by atoms with Crippen LogP contribution in [0.5, 0.6) is 5.75 Å². The van der Waals surface area contributed by atoms with Crippen LogP contribution in [0.2, 0.25) is 0 Å². The molecule has 0 amide bonds. The largest absolute Gasteiger partial charge is 0.492 e. The zero-order valence-electron chi connectivity index (χ0n) is 6.84. The molecule has 0 bridgehead atoms. The molecule has 0 aliphatic carbocycles. The van der Waals surface area contributed by atoms with Crippen molar-refractivity contribution in [3.8, 4) is 18.1 Å². The van der Waals surface area contributed by atoms with Crippen molar-refractivity contribution >= 4 is 0 Å². The summed E-state index contributed by atoms with van der Waals surface area (Å²) in [5, 5.41) is 0. The van der Waals surface area contributed by atoms with E-state index >= 15 is 0 Å². The van der Waals surface area contributed by atoms with E-state index in [9.17, 15) is 0 Å². The van der Waals surface area contributed by atoms with Crippen molar-refractivity contribution < 1.29 is 4.74 Å². The number of hydrogen-bond donors (Lipinski definition) is 0. The quantitative estimate of drug-likeness (QED) is 0.525. The molecular formula is C11H10O. The molecule has 0 unspecified atom stereocenters. The summed E-state index contributed by atoms with van der Waals surface area (Å²) in [5.41, 5.74) is 2.13. The molecule has 12 heavy (non-hydrogen) atoms. The third-order valence-electron chi connectivity index (χ3n) is 2.09. The van der Waals surface area contributed by atoms with Crippen molar-refractivity contribution in [3.63, 3.8) is 0 Å². The summed E-state index contributed by atoms with van der Waals surface area (Å²) in [6, 6.07) is 5.99. The van der Waals surface area contributed by atoms with Gasteiger partial charge in [-0.3, -0.25) is 0 Å². The Labute approximate surface area is 72.4 Å². The Balaban J connectivity index is 2.53. The molecule has 60 valence electrons. The van der Waals surface area contributed by atoms with E-state index in [1.807, 2.05) is 12.1 Å². The smallest absolute Gasteiger partial charge is 0.138 e. The molecule has 1 heterocycles. The van der Waals surface area contributed by atoms with Gasteiger partial charge in [-0.05, 0) is 24.5 Å². The Morgan fingerprint density at radius 2 is 2.33 bits per heavy atom. The topological polar surface area (TPSA) is 9.23 Å². The fraction of sp³-hybridized carbons (Fsp3) is 0.273. The summed E-state index contributed by atoms with van der Waals surface area (Å²) in [7, 11) is 0. The number of terminal acetylenes is 1. The molecule has 1 heteroatoms. The van der Waals surface area contributed by atoms with Crippen LogP contribution in [-0.2, 0) is 6.42 Å². The first-order chi connectivity index (χ1) is 5.92. The molecule has 0 saturated carbocycles. The highest BCUT2D eigenvalue weighted by Crippen LogP contribution is 2.27. The number of ether oxygens (including phenoxy) is 1. The molecule has 1 aromatic rings. The summed E-state index contributed by atoms with van der Waals surface area (Å²) >= 11 is 0. The lowest BCUT2D eigenvalue weighted by Gasteiger charge is -2.17. The van der Waals surface area contributed by atoms with Crippen LogP contribution in [0.3, 0.4) is 0 Å². The summed E-state index contributed by atoms with van der Waals surface area (Å²) in [4.78, 5) is 0. The molecule has 1 nitrogen and oxygen atoms in total. The van der Waals surface area contributed by atoms with Crippen molar-refractivity contribution in [2.75, 3.05) is 6.61 Å². The van der Waals surface area contributed by atoms with Crippen LogP contribution >= 0.6 is 0 Å². The van der Waals surface area contributed by atoms with Gasteiger partial charge in [-0.1, -0.05) is 18.1 Å². The Kier molecular flexibility index (Phi) is 1.75. The van der Waals surface area contributed by atoms with Crippen molar-refractivity contribution in [2.24, 2.45) is 0 Å². The summed E-state index contributed by atoms with van der Waals surface area (Å²) in [6.45, 7) is 0.797. The second kappa shape index (κ2) is 2.91. The van der Waals surface area contributed by atoms with Gasteiger partial charge in [0.2, 0.25) is 0 Å². The predicted octanol–water partition coefficient (Wildman–Crippen LogP) is 1.99. The van der Waals surface area contributed by atoms with Crippen LogP contribution < -0.4 is 4.74 Å². The normalized spacial score (nSPS) is 14.2. The third kappa shape index (κ3) is 1.06. The lowest BCUT2D eigenvalue weighted by atomic mass is 10.0. The molecule has 0 fully saturated rings. The summed E-state index contributed by atoms with van der Waals surface area (Å²) in [5.74, 6) is 3.55. The van der Waals surface area contributed by atoms with Crippen molar-refractivity contribution in [1.82, 2.24) is 0 Å². The fourth-order valence-electron chi connectivity index (χ4n) is 1.50. The SMILES string of the molecule is C#Cc1cccc2c1OCCC2. The molecule has 2 rings (SSSR count). The molecule has 1 aromatic carbocycles. The van der Waals surface area contributed by atoms with Gasteiger partial charge in [0.25, 0.3) is 0 Å². The number of hydrogen-bond acceptors (Lipinski definition) is 1. The number of benzene rings is 1. The van der Waals surface area contributed by atoms with Crippen molar-refractivity contribution in [2.45, 2.75) is 12.8 Å². The molecule has 1 aliphatic rings. The Hall–Kier alpha value is -1.42. The Morgan fingerprint density at radius 3 is 3.17 bits per heavy atom. The maximum atomic E-state index is 5.50.